The molecule has 18 amide bonds. The summed E-state index contributed by atoms with van der Waals surface area (Å²) >= 11 is 2.53. The molecule has 1 heterocycles. The minimum Gasteiger partial charge on any atom is -0.508 e. The molecule has 1 saturated heterocycles. The lowest BCUT2D eigenvalue weighted by atomic mass is 9.96. The van der Waals surface area contributed by atoms with Crippen LogP contribution in [0.5, 0.6) is 5.75 Å². The van der Waals surface area contributed by atoms with E-state index in [0.29, 0.717) is 36.9 Å². The molecular formula is C91H148N24O27S2. The Morgan fingerprint density at radius 3 is 1.40 bits per heavy atom. The Bertz CT molecular complexity index is 4590. The molecule has 2 aromatic carbocycles. The first kappa shape index (κ1) is 125. The van der Waals surface area contributed by atoms with E-state index in [0.717, 1.165) is 13.8 Å². The number of aliphatic hydroxyl groups excluding tert-OH is 4. The van der Waals surface area contributed by atoms with Crippen molar-refractivity contribution in [2.45, 2.75) is 279 Å². The van der Waals surface area contributed by atoms with Crippen molar-refractivity contribution in [3.05, 3.63) is 65.7 Å². The minimum absolute atomic E-state index is 0.0266. The predicted octanol–water partition coefficient (Wildman–Crippen LogP) is -8.53. The summed E-state index contributed by atoms with van der Waals surface area (Å²) in [6.07, 6.45) is 0.325. The van der Waals surface area contributed by atoms with Crippen LogP contribution in [-0.4, -0.2) is 356 Å². The molecule has 1 fully saturated rings. The number of unbranched alkanes of at least 4 members (excludes halogenated alkanes) is 2. The van der Waals surface area contributed by atoms with E-state index in [-0.39, 0.29) is 126 Å². The second-order valence-corrected chi connectivity index (χ2v) is 37.3. The van der Waals surface area contributed by atoms with Crippen molar-refractivity contribution in [2.24, 2.45) is 34.8 Å². The number of guanidine groups is 1. The van der Waals surface area contributed by atoms with Gasteiger partial charge in [0.25, 0.3) is 0 Å². The summed E-state index contributed by atoms with van der Waals surface area (Å²) in [6.45, 7) is 8.23. The van der Waals surface area contributed by atoms with Gasteiger partial charge in [-0.05, 0) is 177 Å². The van der Waals surface area contributed by atoms with Crippen LogP contribution < -0.4 is 119 Å². The highest BCUT2D eigenvalue weighted by molar-refractivity contribution is 7.98. The molecule has 53 heteroatoms. The Morgan fingerprint density at radius 2 is 0.861 bits per heavy atom. The van der Waals surface area contributed by atoms with E-state index in [1.165, 1.54) is 66.5 Å². The maximum Gasteiger partial charge on any atom is 0.326 e. The highest BCUT2D eigenvalue weighted by Crippen LogP contribution is 2.23. The third-order valence-corrected chi connectivity index (χ3v) is 24.3. The largest absolute Gasteiger partial charge is 0.508 e. The number of rotatable bonds is 68. The van der Waals surface area contributed by atoms with Crippen molar-refractivity contribution >= 4 is 148 Å². The zero-order chi connectivity index (χ0) is 108. The molecule has 0 saturated carbocycles. The number of aromatic hydroxyl groups is 1. The first-order valence-electron chi connectivity index (χ1n) is 47.5. The Labute approximate surface area is 843 Å². The van der Waals surface area contributed by atoms with E-state index in [9.17, 15) is 132 Å². The summed E-state index contributed by atoms with van der Waals surface area (Å²) in [5, 5.41) is 124. The molecule has 0 aromatic heterocycles. The second-order valence-electron chi connectivity index (χ2n) is 35.4. The average molecular weight is 2070 g/mol. The molecule has 0 unspecified atom stereocenters. The van der Waals surface area contributed by atoms with Crippen molar-refractivity contribution in [1.29, 1.82) is 5.41 Å². The van der Waals surface area contributed by atoms with Gasteiger partial charge in [-0.25, -0.2) is 4.79 Å². The fourth-order valence-electron chi connectivity index (χ4n) is 14.6. The van der Waals surface area contributed by atoms with Crippen molar-refractivity contribution in [3.63, 3.8) is 0 Å². The number of hydrogen-bond acceptors (Lipinski definition) is 31. The number of nitrogens with one attached hydrogen (secondary N) is 19. The number of carboxylic acids is 2. The molecule has 0 radical (unpaired) electrons. The number of carbonyl (C=O) groups excluding carboxylic acids is 18. The van der Waals surface area contributed by atoms with Gasteiger partial charge in [-0.15, -0.1) is 0 Å². The minimum atomic E-state index is -1.95. The molecular weight excluding hydrogens is 1930 g/mol. The van der Waals surface area contributed by atoms with E-state index in [1.807, 2.05) is 0 Å². The zero-order valence-electron chi connectivity index (χ0n) is 82.8. The number of amides is 18. The number of aliphatic carboxylic acids is 2. The number of benzene rings is 2. The number of aliphatic hydroxyl groups is 4. The van der Waals surface area contributed by atoms with E-state index < -0.39 is 278 Å². The van der Waals surface area contributed by atoms with Crippen LogP contribution in [0.4, 0.5) is 0 Å². The first-order chi connectivity index (χ1) is 68.1. The van der Waals surface area contributed by atoms with Crippen LogP contribution in [0, 0.1) is 17.2 Å². The molecule has 806 valence electrons. The molecule has 3 rings (SSSR count). The number of thioether (sulfide) groups is 2. The van der Waals surface area contributed by atoms with Crippen molar-refractivity contribution in [2.75, 3.05) is 76.5 Å². The number of hydrogen-bond donors (Lipinski definition) is 30. The Hall–Kier alpha value is -12.7. The number of likely N-dealkylation sites (tertiary alicyclic amines) is 1. The lowest BCUT2D eigenvalue weighted by molar-refractivity contribution is -0.144. The monoisotopic (exact) mass is 2070 g/mol. The van der Waals surface area contributed by atoms with Crippen molar-refractivity contribution in [1.82, 2.24) is 101 Å². The molecule has 1 aliphatic heterocycles. The van der Waals surface area contributed by atoms with Crippen LogP contribution in [0.15, 0.2) is 54.6 Å². The Balaban J connectivity index is 1.82. The number of phenolic OH excluding ortho intramolecular Hbond substituents is 1. The first-order valence-corrected chi connectivity index (χ1v) is 50.3. The molecule has 0 aliphatic carbocycles. The SMILES string of the molecule is CC[C@H](C)[C@H](NC(=O)[C@H](CCSC)NC(=O)[C@H](CCSC)NC(=O)[C@@H](NC(=O)[C@@H](NC(=O)[C@H](C)NC(=O)[C@H](CCCCN)NC(=O)[C@H](CC(C)C)NC(=O)[C@H](CO)NC(=O)[C@H](Cc1ccc(O)cc1)NC(=O)CNC(=O)[C@H](CO)NC(=O)CNC(=O)[C@@H](N)CCCCN)[C@@H](C)O)[C@@H](C)O)C(=O)N[C@@H](CCCNC(=N)N)C(=O)N1CCC[C@H]1C(=O)N[C@@H](C)C(=O)N[C@@H](CC(=O)O)C(=O)N[C@@H](Cc1ccccc1)C(=O)O. The van der Waals surface area contributed by atoms with E-state index in [1.54, 1.807) is 70.5 Å². The van der Waals surface area contributed by atoms with Gasteiger partial charge in [0, 0.05) is 25.9 Å². The van der Waals surface area contributed by atoms with Crippen molar-refractivity contribution in [3.8, 4) is 5.75 Å². The number of carbonyl (C=O) groups is 20. The highest BCUT2D eigenvalue weighted by atomic mass is 32.2. The van der Waals surface area contributed by atoms with Gasteiger partial charge in [0.1, 0.15) is 102 Å². The maximum absolute atomic E-state index is 14.8. The van der Waals surface area contributed by atoms with Crippen LogP contribution >= 0.6 is 23.5 Å². The Kier molecular flexibility index (Phi) is 57.8. The summed E-state index contributed by atoms with van der Waals surface area (Å²) in [7, 11) is 0. The smallest absolute Gasteiger partial charge is 0.326 e. The average Bonchev–Trinajstić information content (AvgIpc) is 1.61. The Morgan fingerprint density at radius 1 is 0.444 bits per heavy atom. The maximum atomic E-state index is 14.8. The third-order valence-electron chi connectivity index (χ3n) is 23.0. The third kappa shape index (κ3) is 45.5. The molecule has 0 bridgehead atoms. The molecule has 34 N–H and O–H groups in total. The summed E-state index contributed by atoms with van der Waals surface area (Å²) in [6, 6.07) is -12.9. The number of nitrogens with zero attached hydrogens (tertiary/aromatic N) is 1. The van der Waals surface area contributed by atoms with Crippen LogP contribution in [0.3, 0.4) is 0 Å². The quantitative estimate of drug-likeness (QED) is 0.0166. The van der Waals surface area contributed by atoms with Gasteiger partial charge in [0.05, 0.1) is 51.0 Å². The topological polar surface area (TPSA) is 831 Å². The molecule has 2 aromatic rings. The lowest BCUT2D eigenvalue weighted by Gasteiger charge is -2.32. The van der Waals surface area contributed by atoms with E-state index in [4.69, 9.17) is 28.3 Å². The van der Waals surface area contributed by atoms with Gasteiger partial charge in [-0.3, -0.25) is 96.5 Å². The van der Waals surface area contributed by atoms with Gasteiger partial charge in [-0.2, -0.15) is 23.5 Å². The van der Waals surface area contributed by atoms with Gasteiger partial charge >= 0.3 is 11.9 Å². The standard InChI is InChI=1S/C91H148N24O27S2/c1-11-48(4)71(86(137)107-60(25-19-35-97-91(95)96)89(140)115-36-20-26-67(115)85(136)101-49(5)74(125)108-63(42-70(123)124)83(134)110-64(90(141)142)41-53-21-13-12-14-22-53)112-80(131)59(32-38-144-10)105-79(130)58(31-37-143-9)106-87(138)72(51(7)118)114-88(139)73(52(8)119)113-75(126)50(6)100-78(129)57(24-16-18-34-93)104-81(132)61(39-47(2)3)109-84(135)66(46-117)111-82(133)62(40-54-27-29-55(120)30-28-54)102-68(121)44-99-77(128)65(45-116)103-69(122)43-98-76(127)56(94)23-15-17-33-92/h12-14,21-22,27-30,47-52,56-67,71-73,116-120H,11,15-20,23-26,31-46,92-94H2,1-10H3,(H,98,127)(H,99,128)(H,100,129)(H,101,136)(H,102,121)(H,103,122)(H,104,132)(H,105,130)(H,106,138)(H,107,137)(H,108,125)(H,109,135)(H,110,134)(H,111,133)(H,112,131)(H,113,126)(H,114,139)(H,123,124)(H,141,142)(H4,95,96,97)/t48-,49-,50-,51+,52+,56-,57-,58-,59-,60-,61-,62-,63-,64-,65-,66-,67-,71-,72-,73-/m0/s1. The number of carboxylic acid groups (broad SMARTS) is 2. The molecule has 51 nitrogen and oxygen atoms in total. The van der Waals surface area contributed by atoms with E-state index >= 15 is 0 Å². The summed E-state index contributed by atoms with van der Waals surface area (Å²) in [5.41, 5.74) is 23.6. The molecule has 0 spiro atoms. The van der Waals surface area contributed by atoms with E-state index in [2.05, 4.69) is 95.7 Å². The van der Waals surface area contributed by atoms with Gasteiger partial charge in [0.2, 0.25) is 106 Å². The predicted molar refractivity (Wildman–Crippen MR) is 528 cm³/mol. The van der Waals surface area contributed by atoms with Gasteiger partial charge in [0.15, 0.2) is 5.96 Å². The summed E-state index contributed by atoms with van der Waals surface area (Å²) in [4.78, 5) is 277. The number of nitrogens with two attached hydrogens (primary N) is 4. The lowest BCUT2D eigenvalue weighted by Crippen LogP contribution is -2.63. The molecule has 1 aliphatic rings. The fourth-order valence-corrected chi connectivity index (χ4v) is 15.5. The number of phenols is 1. The second kappa shape index (κ2) is 66.3. The van der Waals surface area contributed by atoms with Gasteiger partial charge < -0.3 is 159 Å². The van der Waals surface area contributed by atoms with Gasteiger partial charge in [-0.1, -0.05) is 83.0 Å². The molecule has 20 atom stereocenters. The van der Waals surface area contributed by atoms with Crippen molar-refractivity contribution < 1.29 is 132 Å². The molecule has 144 heavy (non-hydrogen) atoms. The zero-order valence-corrected chi connectivity index (χ0v) is 84.4. The normalized spacial score (nSPS) is 16.2. The fraction of sp³-hybridized carbons (Fsp3) is 0.637. The van der Waals surface area contributed by atoms with Crippen LogP contribution in [0.25, 0.3) is 0 Å². The van der Waals surface area contributed by atoms with Crippen LogP contribution in [0.1, 0.15) is 163 Å². The van der Waals surface area contributed by atoms with Crippen LogP contribution in [0.2, 0.25) is 0 Å². The highest BCUT2D eigenvalue weighted by Gasteiger charge is 2.43. The summed E-state index contributed by atoms with van der Waals surface area (Å²) in [5.74, 6) is -22.2. The van der Waals surface area contributed by atoms with Crippen LogP contribution in [-0.2, 0) is 109 Å². The summed E-state index contributed by atoms with van der Waals surface area (Å²) < 4.78 is 0.